The molecular weight excluding hydrogens is 372 g/mol. The lowest BCUT2D eigenvalue weighted by molar-refractivity contribution is -0.116. The summed E-state index contributed by atoms with van der Waals surface area (Å²) in [5.74, 6) is -0.755. The summed E-state index contributed by atoms with van der Waals surface area (Å²) in [6, 6.07) is 8.12. The van der Waals surface area contributed by atoms with Crippen LogP contribution in [0.25, 0.3) is 0 Å². The Kier molecular flexibility index (Phi) is 5.19. The van der Waals surface area contributed by atoms with E-state index in [0.717, 1.165) is 12.0 Å². The van der Waals surface area contributed by atoms with E-state index in [0.29, 0.717) is 13.1 Å². The molecule has 1 aromatic heterocycles. The molecule has 1 atom stereocenters. The van der Waals surface area contributed by atoms with Crippen LogP contribution in [0.5, 0.6) is 5.75 Å². The number of sulfonamides is 1. The van der Waals surface area contributed by atoms with Gasteiger partial charge in [0, 0.05) is 25.2 Å². The summed E-state index contributed by atoms with van der Waals surface area (Å²) >= 11 is 0. The molecule has 0 radical (unpaired) electrons. The summed E-state index contributed by atoms with van der Waals surface area (Å²) < 4.78 is 26.2. The van der Waals surface area contributed by atoms with E-state index in [2.05, 4.69) is 9.71 Å². The van der Waals surface area contributed by atoms with Crippen molar-refractivity contribution in [2.45, 2.75) is 17.2 Å². The second-order valence-corrected chi connectivity index (χ2v) is 8.14. The maximum atomic E-state index is 12.6. The number of primary amides is 1. The number of carbonyl (C=O) groups excluding carboxylic acids is 2. The molecule has 1 aliphatic rings. The number of amides is 2. The molecule has 3 rings (SSSR count). The summed E-state index contributed by atoms with van der Waals surface area (Å²) in [6.07, 6.45) is 1.98. The van der Waals surface area contributed by atoms with Crippen molar-refractivity contribution in [3.63, 3.8) is 0 Å². The van der Waals surface area contributed by atoms with Crippen LogP contribution in [-0.4, -0.2) is 54.9 Å². The van der Waals surface area contributed by atoms with Crippen LogP contribution in [0.3, 0.4) is 0 Å². The van der Waals surface area contributed by atoms with Gasteiger partial charge in [-0.1, -0.05) is 12.1 Å². The van der Waals surface area contributed by atoms with Crippen molar-refractivity contribution >= 4 is 21.8 Å². The van der Waals surface area contributed by atoms with Crippen LogP contribution in [0.4, 0.5) is 0 Å². The van der Waals surface area contributed by atoms with Crippen LogP contribution in [0.15, 0.2) is 41.4 Å². The minimum absolute atomic E-state index is 0.138. The predicted octanol–water partition coefficient (Wildman–Crippen LogP) is 0.114. The highest BCUT2D eigenvalue weighted by Crippen LogP contribution is 2.29. The van der Waals surface area contributed by atoms with Gasteiger partial charge >= 0.3 is 0 Å². The molecule has 2 heterocycles. The van der Waals surface area contributed by atoms with Gasteiger partial charge in [0.05, 0.1) is 6.54 Å². The van der Waals surface area contributed by atoms with Crippen LogP contribution < -0.4 is 10.5 Å². The third-order valence-corrected chi connectivity index (χ3v) is 5.85. The number of carbonyl (C=O) groups is 2. The van der Waals surface area contributed by atoms with Crippen molar-refractivity contribution in [3.8, 4) is 5.75 Å². The number of nitrogens with one attached hydrogen (secondary N) is 2. The maximum absolute atomic E-state index is 12.6. The highest BCUT2D eigenvalue weighted by atomic mass is 32.2. The van der Waals surface area contributed by atoms with Crippen LogP contribution in [-0.2, 0) is 14.8 Å². The number of H-pyrrole nitrogens is 1. The van der Waals surface area contributed by atoms with Crippen molar-refractivity contribution in [3.05, 3.63) is 47.8 Å². The number of nitrogens with zero attached hydrogens (tertiary/aromatic N) is 1. The molecule has 1 saturated heterocycles. The van der Waals surface area contributed by atoms with Gasteiger partial charge in [-0.15, -0.1) is 0 Å². The molecule has 1 fully saturated rings. The number of benzene rings is 1. The van der Waals surface area contributed by atoms with Gasteiger partial charge in [0.15, 0.2) is 0 Å². The second-order valence-electron chi connectivity index (χ2n) is 6.37. The van der Waals surface area contributed by atoms with Crippen molar-refractivity contribution in [1.29, 1.82) is 0 Å². The number of phenols is 1. The Morgan fingerprint density at radius 2 is 2.00 bits per heavy atom. The number of nitrogens with two attached hydrogens (primary N) is 1. The van der Waals surface area contributed by atoms with Gasteiger partial charge in [0.2, 0.25) is 15.9 Å². The Morgan fingerprint density at radius 3 is 2.67 bits per heavy atom. The van der Waals surface area contributed by atoms with Crippen molar-refractivity contribution in [2.75, 3.05) is 19.6 Å². The van der Waals surface area contributed by atoms with E-state index in [1.807, 2.05) is 12.1 Å². The first kappa shape index (κ1) is 18.9. The molecule has 144 valence electrons. The lowest BCUT2D eigenvalue weighted by atomic mass is 9.98. The molecule has 27 heavy (non-hydrogen) atoms. The summed E-state index contributed by atoms with van der Waals surface area (Å²) in [5.41, 5.74) is 6.12. The van der Waals surface area contributed by atoms with Crippen LogP contribution in [0.1, 0.15) is 28.4 Å². The molecule has 1 aromatic carbocycles. The minimum atomic E-state index is -3.93. The van der Waals surface area contributed by atoms with Gasteiger partial charge in [-0.2, -0.15) is 0 Å². The lowest BCUT2D eigenvalue weighted by Crippen LogP contribution is -2.33. The normalized spacial score (nSPS) is 17.2. The molecule has 2 amide bonds. The Labute approximate surface area is 156 Å². The van der Waals surface area contributed by atoms with Gasteiger partial charge in [-0.3, -0.25) is 9.59 Å². The third-order valence-electron chi connectivity index (χ3n) is 4.47. The zero-order valence-electron chi connectivity index (χ0n) is 14.4. The SMILES string of the molecule is NC(=O)CNS(=O)(=O)c1c[nH]c(C(=O)N2CCC(c3ccc(O)cc3)C2)c1. The summed E-state index contributed by atoms with van der Waals surface area (Å²) in [6.45, 7) is 0.535. The fourth-order valence-corrected chi connectivity index (χ4v) is 4.02. The zero-order valence-corrected chi connectivity index (χ0v) is 15.2. The number of aromatic hydroxyl groups is 1. The molecule has 9 nitrogen and oxygen atoms in total. The monoisotopic (exact) mass is 392 g/mol. The Hall–Kier alpha value is -2.85. The number of rotatable bonds is 6. The molecule has 1 unspecified atom stereocenters. The number of hydrogen-bond donors (Lipinski definition) is 4. The summed E-state index contributed by atoms with van der Waals surface area (Å²) in [5, 5.41) is 9.38. The predicted molar refractivity (Wildman–Crippen MR) is 96.5 cm³/mol. The molecule has 2 aromatic rings. The first-order valence-electron chi connectivity index (χ1n) is 8.31. The second kappa shape index (κ2) is 7.41. The molecule has 5 N–H and O–H groups in total. The summed E-state index contributed by atoms with van der Waals surface area (Å²) in [7, 11) is -3.93. The first-order valence-corrected chi connectivity index (χ1v) is 9.79. The minimum Gasteiger partial charge on any atom is -0.508 e. The van der Waals surface area contributed by atoms with Gasteiger partial charge in [-0.05, 0) is 30.2 Å². The van der Waals surface area contributed by atoms with E-state index in [1.165, 1.54) is 12.3 Å². The van der Waals surface area contributed by atoms with Gasteiger partial charge in [0.1, 0.15) is 16.3 Å². The average Bonchev–Trinajstić information content (AvgIpc) is 3.30. The van der Waals surface area contributed by atoms with Crippen LogP contribution in [0.2, 0.25) is 0 Å². The van der Waals surface area contributed by atoms with E-state index in [4.69, 9.17) is 5.73 Å². The Bertz CT molecular complexity index is 952. The van der Waals surface area contributed by atoms with E-state index in [1.54, 1.807) is 17.0 Å². The summed E-state index contributed by atoms with van der Waals surface area (Å²) in [4.78, 5) is 27.6. The van der Waals surface area contributed by atoms with Crippen molar-refractivity contribution in [1.82, 2.24) is 14.6 Å². The quantitative estimate of drug-likeness (QED) is 0.551. The molecule has 1 aliphatic heterocycles. The molecule has 10 heteroatoms. The smallest absolute Gasteiger partial charge is 0.270 e. The van der Waals surface area contributed by atoms with E-state index < -0.39 is 22.5 Å². The van der Waals surface area contributed by atoms with Crippen molar-refractivity contribution < 1.29 is 23.1 Å². The average molecular weight is 392 g/mol. The van der Waals surface area contributed by atoms with Gasteiger partial charge < -0.3 is 20.7 Å². The molecule has 0 aliphatic carbocycles. The molecule has 0 bridgehead atoms. The first-order chi connectivity index (χ1) is 12.8. The molecule has 0 saturated carbocycles. The fraction of sp³-hybridized carbons (Fsp3) is 0.294. The fourth-order valence-electron chi connectivity index (χ4n) is 3.04. The molecule has 0 spiro atoms. The Balaban J connectivity index is 1.68. The van der Waals surface area contributed by atoms with Gasteiger partial charge in [0.25, 0.3) is 5.91 Å². The number of aromatic nitrogens is 1. The van der Waals surface area contributed by atoms with Gasteiger partial charge in [-0.25, -0.2) is 13.1 Å². The van der Waals surface area contributed by atoms with E-state index in [9.17, 15) is 23.1 Å². The van der Waals surface area contributed by atoms with E-state index >= 15 is 0 Å². The standard InChI is InChI=1S/C17H20N4O5S/c18-16(23)9-20-27(25,26)14-7-15(19-8-14)17(24)21-6-5-12(10-21)11-1-3-13(22)4-2-11/h1-4,7-8,12,19-20,22H,5-6,9-10H2,(H2,18,23). The third kappa shape index (κ3) is 4.29. The highest BCUT2D eigenvalue weighted by molar-refractivity contribution is 7.89. The maximum Gasteiger partial charge on any atom is 0.270 e. The lowest BCUT2D eigenvalue weighted by Gasteiger charge is -2.16. The topological polar surface area (TPSA) is 146 Å². The van der Waals surface area contributed by atoms with Crippen molar-refractivity contribution in [2.24, 2.45) is 5.73 Å². The number of likely N-dealkylation sites (tertiary alicyclic amines) is 1. The number of phenolic OH excluding ortho intramolecular Hbond substituents is 1. The van der Waals surface area contributed by atoms with Crippen LogP contribution >= 0.6 is 0 Å². The number of hydrogen-bond acceptors (Lipinski definition) is 5. The highest BCUT2D eigenvalue weighted by Gasteiger charge is 2.29. The zero-order chi connectivity index (χ0) is 19.6. The number of aromatic amines is 1. The largest absolute Gasteiger partial charge is 0.508 e. The van der Waals surface area contributed by atoms with Crippen LogP contribution in [0, 0.1) is 0 Å². The molecular formula is C17H20N4O5S. The van der Waals surface area contributed by atoms with E-state index in [-0.39, 0.29) is 28.2 Å². The Morgan fingerprint density at radius 1 is 1.30 bits per heavy atom.